The fourth-order valence-electron chi connectivity index (χ4n) is 1.20. The molecule has 2 heterocycles. The first-order valence-corrected chi connectivity index (χ1v) is 4.18. The molecule has 0 aromatic carbocycles. The molecule has 66 valence electrons. The Hall–Kier alpha value is -1.64. The van der Waals surface area contributed by atoms with Gasteiger partial charge in [0.1, 0.15) is 0 Å². The standard InChI is InChI=1S/C10H11N3/c1-8-7-10(12-11-8)9-3-5-13(2)6-4-9/h3-7H,1-2H3. The summed E-state index contributed by atoms with van der Waals surface area (Å²) in [5, 5.41) is 8.02. The lowest BCUT2D eigenvalue weighted by atomic mass is 10.1. The molecule has 0 fully saturated rings. The largest absolute Gasteiger partial charge is 0.357 e. The predicted molar refractivity (Wildman–Crippen MR) is 51.7 cm³/mol. The minimum atomic E-state index is 0.943. The van der Waals surface area contributed by atoms with E-state index >= 15 is 0 Å². The molecule has 0 aromatic heterocycles. The zero-order chi connectivity index (χ0) is 9.26. The van der Waals surface area contributed by atoms with Gasteiger partial charge in [-0.3, -0.25) is 0 Å². The van der Waals surface area contributed by atoms with Gasteiger partial charge in [0.2, 0.25) is 0 Å². The van der Waals surface area contributed by atoms with E-state index in [9.17, 15) is 0 Å². The maximum Gasteiger partial charge on any atom is 0.0948 e. The third-order valence-corrected chi connectivity index (χ3v) is 1.94. The smallest absolute Gasteiger partial charge is 0.0948 e. The van der Waals surface area contributed by atoms with Gasteiger partial charge in [-0.15, -0.1) is 0 Å². The first-order chi connectivity index (χ1) is 6.25. The first kappa shape index (κ1) is 7.98. The maximum atomic E-state index is 4.06. The highest BCUT2D eigenvalue weighted by Crippen LogP contribution is 2.22. The summed E-state index contributed by atoms with van der Waals surface area (Å²) in [6.07, 6.45) is 10.0. The van der Waals surface area contributed by atoms with Crippen molar-refractivity contribution in [2.75, 3.05) is 7.05 Å². The lowest BCUT2D eigenvalue weighted by Crippen LogP contribution is -2.03. The fraction of sp³-hybridized carbons (Fsp3) is 0.200. The number of nitrogens with zero attached hydrogens (tertiary/aromatic N) is 3. The molecular formula is C10H11N3. The van der Waals surface area contributed by atoms with E-state index in [2.05, 4.69) is 10.2 Å². The molecule has 2 aliphatic heterocycles. The Balaban J connectivity index is 2.33. The summed E-state index contributed by atoms with van der Waals surface area (Å²) in [7, 11) is 1.99. The van der Waals surface area contributed by atoms with Crippen LogP contribution in [0, 0.1) is 0 Å². The Bertz CT molecular complexity index is 354. The molecule has 13 heavy (non-hydrogen) atoms. The van der Waals surface area contributed by atoms with Crippen molar-refractivity contribution in [3.05, 3.63) is 47.6 Å². The Morgan fingerprint density at radius 3 is 2.38 bits per heavy atom. The Morgan fingerprint density at radius 1 is 1.15 bits per heavy atom. The van der Waals surface area contributed by atoms with Crippen molar-refractivity contribution < 1.29 is 0 Å². The molecule has 0 aliphatic carbocycles. The van der Waals surface area contributed by atoms with Crippen LogP contribution in [0.1, 0.15) is 6.92 Å². The number of allylic oxidation sites excluding steroid dienone is 5. The second kappa shape index (κ2) is 3.01. The van der Waals surface area contributed by atoms with Crippen LogP contribution in [0.5, 0.6) is 0 Å². The van der Waals surface area contributed by atoms with Gasteiger partial charge in [-0.2, -0.15) is 10.2 Å². The lowest BCUT2D eigenvalue weighted by molar-refractivity contribution is 0.619. The Labute approximate surface area is 77.5 Å². The second-order valence-electron chi connectivity index (χ2n) is 3.12. The zero-order valence-corrected chi connectivity index (χ0v) is 7.73. The first-order valence-electron chi connectivity index (χ1n) is 4.18. The minimum absolute atomic E-state index is 0.943. The monoisotopic (exact) mass is 173 g/mol. The SMILES string of the molecule is CC1=CC(=C2C=CN(C)C=C2)N=N1. The van der Waals surface area contributed by atoms with E-state index in [4.69, 9.17) is 0 Å². The molecule has 0 bridgehead atoms. The van der Waals surface area contributed by atoms with Crippen LogP contribution < -0.4 is 0 Å². The van der Waals surface area contributed by atoms with Gasteiger partial charge in [-0.05, 0) is 25.2 Å². The molecule has 0 amide bonds. The third kappa shape index (κ3) is 1.59. The van der Waals surface area contributed by atoms with Crippen molar-refractivity contribution in [3.8, 4) is 0 Å². The number of hydrogen-bond acceptors (Lipinski definition) is 3. The molecule has 0 saturated heterocycles. The molecule has 0 N–H and O–H groups in total. The lowest BCUT2D eigenvalue weighted by Gasteiger charge is -2.11. The van der Waals surface area contributed by atoms with E-state index in [1.807, 2.05) is 49.5 Å². The minimum Gasteiger partial charge on any atom is -0.357 e. The second-order valence-corrected chi connectivity index (χ2v) is 3.12. The molecule has 0 atom stereocenters. The summed E-state index contributed by atoms with van der Waals surface area (Å²) >= 11 is 0. The third-order valence-electron chi connectivity index (χ3n) is 1.94. The van der Waals surface area contributed by atoms with Gasteiger partial charge in [-0.25, -0.2) is 0 Å². The van der Waals surface area contributed by atoms with Crippen LogP contribution in [0.3, 0.4) is 0 Å². The van der Waals surface area contributed by atoms with Crippen molar-refractivity contribution in [3.63, 3.8) is 0 Å². The highest BCUT2D eigenvalue weighted by molar-refractivity contribution is 5.43. The summed E-state index contributed by atoms with van der Waals surface area (Å²) in [6.45, 7) is 1.94. The van der Waals surface area contributed by atoms with Crippen molar-refractivity contribution in [1.82, 2.24) is 4.90 Å². The molecular weight excluding hydrogens is 162 g/mol. The van der Waals surface area contributed by atoms with Crippen LogP contribution in [0.2, 0.25) is 0 Å². The molecule has 2 rings (SSSR count). The van der Waals surface area contributed by atoms with Crippen molar-refractivity contribution in [2.45, 2.75) is 6.92 Å². The molecule has 0 unspecified atom stereocenters. The molecule has 3 heteroatoms. The molecule has 0 radical (unpaired) electrons. The molecule has 0 saturated carbocycles. The van der Waals surface area contributed by atoms with Crippen molar-refractivity contribution in [2.24, 2.45) is 10.2 Å². The van der Waals surface area contributed by atoms with Gasteiger partial charge in [0.05, 0.1) is 11.4 Å². The van der Waals surface area contributed by atoms with E-state index in [1.165, 1.54) is 0 Å². The van der Waals surface area contributed by atoms with Crippen LogP contribution in [0.25, 0.3) is 0 Å². The average Bonchev–Trinajstić information content (AvgIpc) is 2.53. The number of rotatable bonds is 0. The zero-order valence-electron chi connectivity index (χ0n) is 7.73. The Morgan fingerprint density at radius 2 is 1.85 bits per heavy atom. The highest BCUT2D eigenvalue weighted by Gasteiger charge is 2.06. The normalized spacial score (nSPS) is 20.2. The predicted octanol–water partition coefficient (Wildman–Crippen LogP) is 2.58. The Kier molecular flexibility index (Phi) is 1.85. The van der Waals surface area contributed by atoms with Gasteiger partial charge in [0.25, 0.3) is 0 Å². The number of azo groups is 1. The summed E-state index contributed by atoms with van der Waals surface area (Å²) in [4.78, 5) is 1.99. The van der Waals surface area contributed by atoms with Crippen LogP contribution in [0.15, 0.2) is 57.8 Å². The number of hydrogen-bond donors (Lipinski definition) is 0. The van der Waals surface area contributed by atoms with E-state index in [1.54, 1.807) is 0 Å². The fourth-order valence-corrected chi connectivity index (χ4v) is 1.20. The van der Waals surface area contributed by atoms with Crippen LogP contribution in [0.4, 0.5) is 0 Å². The summed E-state index contributed by atoms with van der Waals surface area (Å²) in [6, 6.07) is 0. The van der Waals surface area contributed by atoms with Crippen LogP contribution >= 0.6 is 0 Å². The summed E-state index contributed by atoms with van der Waals surface area (Å²) in [5.74, 6) is 0. The quantitative estimate of drug-likeness (QED) is 0.553. The summed E-state index contributed by atoms with van der Waals surface area (Å²) < 4.78 is 0. The molecule has 2 aliphatic rings. The van der Waals surface area contributed by atoms with Crippen molar-refractivity contribution in [1.29, 1.82) is 0 Å². The van der Waals surface area contributed by atoms with E-state index in [-0.39, 0.29) is 0 Å². The van der Waals surface area contributed by atoms with E-state index in [0.29, 0.717) is 0 Å². The van der Waals surface area contributed by atoms with E-state index < -0.39 is 0 Å². The van der Waals surface area contributed by atoms with Crippen molar-refractivity contribution >= 4 is 0 Å². The van der Waals surface area contributed by atoms with Gasteiger partial charge in [-0.1, -0.05) is 0 Å². The maximum absolute atomic E-state index is 4.06. The summed E-state index contributed by atoms with van der Waals surface area (Å²) in [5.41, 5.74) is 3.01. The highest BCUT2D eigenvalue weighted by atomic mass is 15.1. The molecule has 3 nitrogen and oxygen atoms in total. The van der Waals surface area contributed by atoms with Gasteiger partial charge in [0, 0.05) is 25.0 Å². The van der Waals surface area contributed by atoms with E-state index in [0.717, 1.165) is 17.0 Å². The van der Waals surface area contributed by atoms with Gasteiger partial charge < -0.3 is 4.90 Å². The van der Waals surface area contributed by atoms with Gasteiger partial charge >= 0.3 is 0 Å². The molecule has 0 spiro atoms. The van der Waals surface area contributed by atoms with Crippen LogP contribution in [-0.2, 0) is 0 Å². The topological polar surface area (TPSA) is 28.0 Å². The van der Waals surface area contributed by atoms with Crippen LogP contribution in [-0.4, -0.2) is 11.9 Å². The molecule has 0 aromatic rings. The van der Waals surface area contributed by atoms with Gasteiger partial charge in [0.15, 0.2) is 0 Å². The average molecular weight is 173 g/mol.